The minimum Gasteiger partial charge on any atom is -0.243 e. The SMILES string of the molecule is C=CS(=O)(=O)CCC(C)CCC[N+]1(C)C(=O)C1CS(=O)(=O)C=C. The summed E-state index contributed by atoms with van der Waals surface area (Å²) in [5, 5.41) is 1.87. The highest BCUT2D eigenvalue weighted by Gasteiger charge is 2.65. The van der Waals surface area contributed by atoms with Crippen LogP contribution in [0.25, 0.3) is 0 Å². The van der Waals surface area contributed by atoms with Crippen LogP contribution >= 0.6 is 0 Å². The smallest absolute Gasteiger partial charge is 0.243 e. The maximum absolute atomic E-state index is 11.9. The van der Waals surface area contributed by atoms with Crippen LogP contribution in [-0.4, -0.2) is 58.4 Å². The highest BCUT2D eigenvalue weighted by molar-refractivity contribution is 7.94. The van der Waals surface area contributed by atoms with E-state index in [4.69, 9.17) is 0 Å². The molecule has 0 bridgehead atoms. The van der Waals surface area contributed by atoms with Crippen LogP contribution in [0.5, 0.6) is 0 Å². The molecule has 1 aliphatic rings. The predicted octanol–water partition coefficient (Wildman–Crippen LogP) is 1.26. The zero-order chi connectivity index (χ0) is 17.9. The second-order valence-electron chi connectivity index (χ2n) is 6.41. The molecule has 6 nitrogen and oxygen atoms in total. The molecule has 0 aromatic heterocycles. The van der Waals surface area contributed by atoms with Gasteiger partial charge in [-0.25, -0.2) is 26.1 Å². The van der Waals surface area contributed by atoms with E-state index in [1.807, 2.05) is 6.92 Å². The third kappa shape index (κ3) is 5.54. The molecule has 1 rings (SSSR count). The van der Waals surface area contributed by atoms with Crippen LogP contribution in [0.2, 0.25) is 0 Å². The monoisotopic (exact) mass is 364 g/mol. The molecule has 1 saturated heterocycles. The largest absolute Gasteiger partial charge is 0.373 e. The summed E-state index contributed by atoms with van der Waals surface area (Å²) < 4.78 is 45.9. The zero-order valence-corrected chi connectivity index (χ0v) is 15.4. The molecule has 0 N–H and O–H groups in total. The lowest BCUT2D eigenvalue weighted by Crippen LogP contribution is -2.28. The second kappa shape index (κ2) is 7.27. The highest BCUT2D eigenvalue weighted by atomic mass is 32.2. The van der Waals surface area contributed by atoms with Gasteiger partial charge in [-0.15, -0.1) is 0 Å². The Bertz CT molecular complexity index is 681. The Morgan fingerprint density at radius 3 is 2.22 bits per heavy atom. The predicted molar refractivity (Wildman–Crippen MR) is 90.8 cm³/mol. The zero-order valence-electron chi connectivity index (χ0n) is 13.8. The lowest BCUT2D eigenvalue weighted by Gasteiger charge is -2.14. The Labute approximate surface area is 139 Å². The molecule has 8 heteroatoms. The quantitative estimate of drug-likeness (QED) is 0.407. The minimum atomic E-state index is -3.38. The first kappa shape index (κ1) is 20.1. The fourth-order valence-corrected chi connectivity index (χ4v) is 4.56. The first-order valence-corrected chi connectivity index (χ1v) is 11.0. The minimum absolute atomic E-state index is 0.0580. The Balaban J connectivity index is 2.40. The molecule has 0 aromatic rings. The Morgan fingerprint density at radius 1 is 1.13 bits per heavy atom. The van der Waals surface area contributed by atoms with Gasteiger partial charge < -0.3 is 0 Å². The average molecular weight is 365 g/mol. The van der Waals surface area contributed by atoms with E-state index >= 15 is 0 Å². The maximum Gasteiger partial charge on any atom is 0.373 e. The Morgan fingerprint density at radius 2 is 1.70 bits per heavy atom. The van der Waals surface area contributed by atoms with Crippen LogP contribution in [-0.2, 0) is 24.5 Å². The number of sulfone groups is 2. The maximum atomic E-state index is 11.9. The van der Waals surface area contributed by atoms with Crippen LogP contribution in [0.1, 0.15) is 26.2 Å². The standard InChI is InChI=1S/C15H26NO5S2/c1-5-22(18,19)11-9-13(3)8-7-10-16(4)14(15(16)17)12-23(20,21)6-2/h5-6,13-14H,1-2,7-12H2,3-4H3/q+1. The normalized spacial score (nSPS) is 25.8. The summed E-state index contributed by atoms with van der Waals surface area (Å²) in [6, 6.07) is -0.491. The van der Waals surface area contributed by atoms with E-state index in [2.05, 4.69) is 13.2 Å². The van der Waals surface area contributed by atoms with Gasteiger partial charge in [0.2, 0.25) is 6.04 Å². The molecule has 3 unspecified atom stereocenters. The van der Waals surface area contributed by atoms with Gasteiger partial charge in [-0.2, -0.15) is 0 Å². The van der Waals surface area contributed by atoms with Crippen molar-refractivity contribution >= 4 is 25.6 Å². The molecule has 1 heterocycles. The lowest BCUT2D eigenvalue weighted by molar-refractivity contribution is -0.753. The van der Waals surface area contributed by atoms with E-state index in [0.717, 1.165) is 23.7 Å². The van der Waals surface area contributed by atoms with E-state index in [1.165, 1.54) is 0 Å². The van der Waals surface area contributed by atoms with Crippen molar-refractivity contribution in [2.24, 2.45) is 5.92 Å². The molecule has 0 radical (unpaired) electrons. The molecule has 0 aliphatic carbocycles. The fraction of sp³-hybridized carbons (Fsp3) is 0.667. The molecular formula is C15H26NO5S2+. The van der Waals surface area contributed by atoms with Crippen molar-refractivity contribution in [1.29, 1.82) is 0 Å². The van der Waals surface area contributed by atoms with Gasteiger partial charge in [0.15, 0.2) is 19.7 Å². The van der Waals surface area contributed by atoms with Gasteiger partial charge in [-0.05, 0) is 25.2 Å². The van der Waals surface area contributed by atoms with Crippen LogP contribution < -0.4 is 0 Å². The van der Waals surface area contributed by atoms with Crippen LogP contribution in [0, 0.1) is 5.92 Å². The fourth-order valence-electron chi connectivity index (χ4n) is 2.61. The Kier molecular flexibility index (Phi) is 6.34. The van der Waals surface area contributed by atoms with Gasteiger partial charge in [0.05, 0.1) is 19.3 Å². The topological polar surface area (TPSA) is 85.3 Å². The summed E-state index contributed by atoms with van der Waals surface area (Å²) >= 11 is 0. The summed E-state index contributed by atoms with van der Waals surface area (Å²) in [7, 11) is -4.80. The van der Waals surface area contributed by atoms with Gasteiger partial charge in [-0.3, -0.25) is 0 Å². The number of carbonyl (C=O) groups excluding carboxylic acids is 1. The molecule has 23 heavy (non-hydrogen) atoms. The third-order valence-corrected chi connectivity index (χ3v) is 7.12. The number of rotatable bonds is 11. The molecule has 3 atom stereocenters. The lowest BCUT2D eigenvalue weighted by atomic mass is 10.0. The molecule has 0 aromatic carbocycles. The highest BCUT2D eigenvalue weighted by Crippen LogP contribution is 2.32. The van der Waals surface area contributed by atoms with Crippen LogP contribution in [0.3, 0.4) is 0 Å². The number of hydrogen-bond donors (Lipinski definition) is 0. The number of amides is 1. The summed E-state index contributed by atoms with van der Waals surface area (Å²) in [4.78, 5) is 11.9. The van der Waals surface area contributed by atoms with E-state index in [-0.39, 0.29) is 27.8 Å². The first-order chi connectivity index (χ1) is 10.5. The van der Waals surface area contributed by atoms with Gasteiger partial charge in [0.1, 0.15) is 5.75 Å². The van der Waals surface area contributed by atoms with Crippen molar-refractivity contribution in [3.8, 4) is 0 Å². The van der Waals surface area contributed by atoms with E-state index in [0.29, 0.717) is 13.0 Å². The van der Waals surface area contributed by atoms with Gasteiger partial charge >= 0.3 is 5.91 Å². The van der Waals surface area contributed by atoms with Crippen molar-refractivity contribution in [2.45, 2.75) is 32.2 Å². The molecule has 0 spiro atoms. The first-order valence-electron chi connectivity index (χ1n) is 7.57. The molecule has 1 amide bonds. The molecule has 0 saturated carbocycles. The van der Waals surface area contributed by atoms with Crippen molar-refractivity contribution in [2.75, 3.05) is 25.1 Å². The van der Waals surface area contributed by atoms with Crippen molar-refractivity contribution in [3.05, 3.63) is 24.0 Å². The Hall–Kier alpha value is -0.990. The van der Waals surface area contributed by atoms with E-state index in [9.17, 15) is 21.6 Å². The summed E-state index contributed by atoms with van der Waals surface area (Å²) in [5.74, 6) is 0.0704. The number of likely N-dealkylation sites (N-methyl/N-ethyl adjacent to an activating group) is 1. The second-order valence-corrected chi connectivity index (χ2v) is 10.5. The molecule has 1 aliphatic heterocycles. The van der Waals surface area contributed by atoms with Gasteiger partial charge in [0.25, 0.3) is 0 Å². The van der Waals surface area contributed by atoms with Gasteiger partial charge in [-0.1, -0.05) is 20.1 Å². The number of quaternary nitrogens is 1. The molecular weight excluding hydrogens is 338 g/mol. The molecule has 1 fully saturated rings. The summed E-state index contributed by atoms with van der Waals surface area (Å²) in [5.41, 5.74) is 0. The van der Waals surface area contributed by atoms with E-state index < -0.39 is 25.7 Å². The average Bonchev–Trinajstić information content (AvgIpc) is 2.97. The van der Waals surface area contributed by atoms with Crippen LogP contribution in [0.15, 0.2) is 24.0 Å². The van der Waals surface area contributed by atoms with Crippen molar-refractivity contribution in [1.82, 2.24) is 0 Å². The summed E-state index contributed by atoms with van der Waals surface area (Å²) in [6.45, 7) is 9.09. The van der Waals surface area contributed by atoms with E-state index in [1.54, 1.807) is 7.05 Å². The summed E-state index contributed by atoms with van der Waals surface area (Å²) in [6.07, 6.45) is 2.11. The van der Waals surface area contributed by atoms with Gasteiger partial charge in [0, 0.05) is 10.8 Å². The number of carbonyl (C=O) groups is 1. The van der Waals surface area contributed by atoms with Crippen LogP contribution in [0.4, 0.5) is 0 Å². The van der Waals surface area contributed by atoms with Crippen molar-refractivity contribution in [3.63, 3.8) is 0 Å². The number of hydrogen-bond acceptors (Lipinski definition) is 5. The molecule has 132 valence electrons. The third-order valence-electron chi connectivity index (χ3n) is 4.52. The van der Waals surface area contributed by atoms with Crippen molar-refractivity contribution < 1.29 is 26.1 Å². The number of nitrogens with zero attached hydrogens (tertiary/aromatic N) is 1.